The summed E-state index contributed by atoms with van der Waals surface area (Å²) in [7, 11) is 1.46. The number of nitrogens with one attached hydrogen (secondary N) is 1. The Hall–Kier alpha value is -1.80. The molecule has 7 nitrogen and oxygen atoms in total. The maximum atomic E-state index is 13.5. The van der Waals surface area contributed by atoms with E-state index in [1.54, 1.807) is 6.92 Å². The number of para-hydroxylation sites is 1. The largest absolute Gasteiger partial charge is 0.388 e. The molecule has 5 aliphatic heterocycles. The van der Waals surface area contributed by atoms with Gasteiger partial charge in [-0.15, -0.1) is 0 Å². The van der Waals surface area contributed by atoms with Crippen LogP contribution < -0.4 is 10.4 Å². The van der Waals surface area contributed by atoms with Crippen LogP contribution >= 0.6 is 0 Å². The van der Waals surface area contributed by atoms with Gasteiger partial charge < -0.3 is 9.84 Å². The average molecular weight is 358 g/mol. The summed E-state index contributed by atoms with van der Waals surface area (Å²) in [6, 6.07) is 7.40. The predicted octanol–water partition coefficient (Wildman–Crippen LogP) is 0.302. The van der Waals surface area contributed by atoms with Gasteiger partial charge in [0, 0.05) is 18.4 Å². The van der Waals surface area contributed by atoms with Gasteiger partial charge in [-0.2, -0.15) is 5.06 Å². The van der Waals surface area contributed by atoms with Crippen molar-refractivity contribution in [2.75, 3.05) is 18.8 Å². The molecule has 1 amide bonds. The number of amides is 1. The molecule has 6 rings (SSSR count). The number of Topliss-reactive ketones (excluding diaryl/α,β-unsaturated/α-hetero) is 1. The second kappa shape index (κ2) is 5.13. The number of hydrogen-bond acceptors (Lipinski definition) is 6. The number of anilines is 1. The molecule has 4 saturated heterocycles. The number of ether oxygens (including phenoxy) is 1. The van der Waals surface area contributed by atoms with Crippen LogP contribution in [-0.4, -0.2) is 54.3 Å². The van der Waals surface area contributed by atoms with Crippen molar-refractivity contribution < 1.29 is 24.3 Å². The van der Waals surface area contributed by atoms with Crippen molar-refractivity contribution in [2.24, 2.45) is 5.92 Å². The summed E-state index contributed by atoms with van der Waals surface area (Å²) in [5.74, 6) is -0.365. The Labute approximate surface area is 151 Å². The van der Waals surface area contributed by atoms with E-state index in [0.29, 0.717) is 25.1 Å². The van der Waals surface area contributed by atoms with E-state index >= 15 is 0 Å². The summed E-state index contributed by atoms with van der Waals surface area (Å²) in [4.78, 5) is 31.6. The Kier molecular flexibility index (Phi) is 3.23. The molecule has 0 aromatic heterocycles. The highest BCUT2D eigenvalue weighted by Crippen LogP contribution is 2.58. The number of benzene rings is 1. The highest BCUT2D eigenvalue weighted by molar-refractivity contribution is 6.08. The number of nitrogens with zero attached hydrogens (tertiary/aromatic N) is 1. The van der Waals surface area contributed by atoms with Crippen LogP contribution in [0, 0.1) is 5.92 Å². The average Bonchev–Trinajstić information content (AvgIpc) is 2.73. The number of aliphatic hydroxyl groups excluding tert-OH is 1. The summed E-state index contributed by atoms with van der Waals surface area (Å²) < 4.78 is 6.05. The number of carbonyl (C=O) groups excluding carboxylic acids is 2. The SMILES string of the molecule is CCC(=O)[C@]12N[C@H]3CC4(C(=O)N(OC)c5ccccc54)C(OCC31)C2O. The van der Waals surface area contributed by atoms with Crippen molar-refractivity contribution in [3.8, 4) is 0 Å². The minimum absolute atomic E-state index is 0.0149. The zero-order valence-electron chi connectivity index (χ0n) is 14.8. The Bertz CT molecular complexity index is 813. The standard InChI is InChI=1S/C19H22N2O5/c1-3-14(22)19-11-9-26-16(15(19)23)18(8-12(11)20-19)10-6-4-5-7-13(10)21(25-2)17(18)24/h4-7,11-12,15-16,20,23H,3,8-9H2,1-2H3/t11?,12-,15?,16?,18?,19+/m0/s1. The fourth-order valence-electron chi connectivity index (χ4n) is 5.73. The molecule has 5 heterocycles. The van der Waals surface area contributed by atoms with E-state index in [9.17, 15) is 14.7 Å². The van der Waals surface area contributed by atoms with Gasteiger partial charge in [0.1, 0.15) is 23.2 Å². The molecule has 4 bridgehead atoms. The number of carbonyl (C=O) groups is 2. The normalized spacial score (nSPS) is 42.6. The lowest BCUT2D eigenvalue weighted by molar-refractivity contribution is -0.197. The van der Waals surface area contributed by atoms with Gasteiger partial charge in [0.05, 0.1) is 19.4 Å². The Morgan fingerprint density at radius 2 is 2.23 bits per heavy atom. The van der Waals surface area contributed by atoms with E-state index in [1.807, 2.05) is 24.3 Å². The van der Waals surface area contributed by atoms with E-state index in [4.69, 9.17) is 9.57 Å². The fraction of sp³-hybridized carbons (Fsp3) is 0.579. The lowest BCUT2D eigenvalue weighted by atomic mass is 9.64. The lowest BCUT2D eigenvalue weighted by Gasteiger charge is -2.58. The molecule has 0 aliphatic carbocycles. The molecular weight excluding hydrogens is 336 g/mol. The van der Waals surface area contributed by atoms with Gasteiger partial charge in [-0.05, 0) is 18.1 Å². The van der Waals surface area contributed by atoms with Crippen molar-refractivity contribution >= 4 is 17.4 Å². The monoisotopic (exact) mass is 358 g/mol. The van der Waals surface area contributed by atoms with Gasteiger partial charge in [0.15, 0.2) is 5.78 Å². The minimum Gasteiger partial charge on any atom is -0.388 e. The molecule has 1 aromatic rings. The molecule has 4 unspecified atom stereocenters. The third kappa shape index (κ3) is 1.55. The van der Waals surface area contributed by atoms with Gasteiger partial charge in [0.25, 0.3) is 5.91 Å². The van der Waals surface area contributed by atoms with E-state index in [0.717, 1.165) is 5.56 Å². The van der Waals surface area contributed by atoms with Gasteiger partial charge in [-0.25, -0.2) is 0 Å². The number of aliphatic hydroxyl groups is 1. The summed E-state index contributed by atoms with van der Waals surface area (Å²) in [5, 5.41) is 15.9. The molecule has 0 saturated carbocycles. The van der Waals surface area contributed by atoms with Crippen molar-refractivity contribution in [3.63, 3.8) is 0 Å². The third-order valence-electron chi connectivity index (χ3n) is 6.87. The zero-order valence-corrected chi connectivity index (χ0v) is 14.8. The molecule has 26 heavy (non-hydrogen) atoms. The lowest BCUT2D eigenvalue weighted by Crippen LogP contribution is -2.82. The summed E-state index contributed by atoms with van der Waals surface area (Å²) in [5.41, 5.74) is -0.578. The zero-order chi connectivity index (χ0) is 18.3. The maximum absolute atomic E-state index is 13.5. The van der Waals surface area contributed by atoms with Crippen molar-refractivity contribution in [1.82, 2.24) is 5.32 Å². The quantitative estimate of drug-likeness (QED) is 0.808. The minimum atomic E-state index is -1.08. The molecule has 1 aromatic carbocycles. The van der Waals surface area contributed by atoms with E-state index < -0.39 is 23.2 Å². The molecule has 7 heteroatoms. The number of rotatable bonds is 3. The second-order valence-corrected chi connectivity index (χ2v) is 7.68. The highest BCUT2D eigenvalue weighted by Gasteiger charge is 2.75. The van der Waals surface area contributed by atoms with Crippen LogP contribution in [0.25, 0.3) is 0 Å². The van der Waals surface area contributed by atoms with Crippen LogP contribution in [0.5, 0.6) is 0 Å². The van der Waals surface area contributed by atoms with Crippen LogP contribution in [0.15, 0.2) is 24.3 Å². The van der Waals surface area contributed by atoms with Crippen LogP contribution in [0.1, 0.15) is 25.3 Å². The fourth-order valence-corrected chi connectivity index (χ4v) is 5.73. The van der Waals surface area contributed by atoms with Crippen LogP contribution in [0.4, 0.5) is 5.69 Å². The first-order chi connectivity index (χ1) is 12.5. The van der Waals surface area contributed by atoms with Gasteiger partial charge >= 0.3 is 0 Å². The van der Waals surface area contributed by atoms with E-state index in [2.05, 4.69) is 5.32 Å². The first-order valence-electron chi connectivity index (χ1n) is 9.11. The van der Waals surface area contributed by atoms with E-state index in [-0.39, 0.29) is 23.7 Å². The summed E-state index contributed by atoms with van der Waals surface area (Å²) in [6.45, 7) is 2.17. The van der Waals surface area contributed by atoms with Crippen molar-refractivity contribution in [3.05, 3.63) is 29.8 Å². The van der Waals surface area contributed by atoms with E-state index in [1.165, 1.54) is 12.2 Å². The number of hydroxylamine groups is 1. The first-order valence-corrected chi connectivity index (χ1v) is 9.11. The topological polar surface area (TPSA) is 88.1 Å². The summed E-state index contributed by atoms with van der Waals surface area (Å²) >= 11 is 0. The van der Waals surface area contributed by atoms with Crippen LogP contribution in [0.2, 0.25) is 0 Å². The Morgan fingerprint density at radius 1 is 1.46 bits per heavy atom. The molecule has 138 valence electrons. The van der Waals surface area contributed by atoms with Gasteiger partial charge in [-0.3, -0.25) is 19.7 Å². The molecule has 4 fully saturated rings. The van der Waals surface area contributed by atoms with Crippen molar-refractivity contribution in [2.45, 2.75) is 49.0 Å². The third-order valence-corrected chi connectivity index (χ3v) is 6.87. The first kappa shape index (κ1) is 16.4. The molecule has 6 atom stereocenters. The number of fused-ring (bicyclic) bond motifs is 2. The molecule has 1 spiro atoms. The second-order valence-electron chi connectivity index (χ2n) is 7.68. The van der Waals surface area contributed by atoms with Gasteiger partial charge in [-0.1, -0.05) is 25.1 Å². The van der Waals surface area contributed by atoms with Crippen LogP contribution in [0.3, 0.4) is 0 Å². The Balaban J connectivity index is 1.71. The highest BCUT2D eigenvalue weighted by atomic mass is 16.7. The molecular formula is C19H22N2O5. The molecule has 0 radical (unpaired) electrons. The summed E-state index contributed by atoms with van der Waals surface area (Å²) in [6.07, 6.45) is -1.06. The van der Waals surface area contributed by atoms with Gasteiger partial charge in [0.2, 0.25) is 0 Å². The number of hydrogen-bond donors (Lipinski definition) is 2. The molecule has 5 aliphatic rings. The Morgan fingerprint density at radius 3 is 2.96 bits per heavy atom. The molecule has 2 N–H and O–H groups in total. The predicted molar refractivity (Wildman–Crippen MR) is 91.4 cm³/mol. The maximum Gasteiger partial charge on any atom is 0.264 e. The smallest absolute Gasteiger partial charge is 0.264 e. The number of ketones is 1. The van der Waals surface area contributed by atoms with Crippen molar-refractivity contribution in [1.29, 1.82) is 0 Å². The van der Waals surface area contributed by atoms with Crippen LogP contribution in [-0.2, 0) is 24.6 Å².